The van der Waals surface area contributed by atoms with Crippen LogP contribution in [0.3, 0.4) is 0 Å². The predicted molar refractivity (Wildman–Crippen MR) is 120 cm³/mol. The average Bonchev–Trinajstić information content (AvgIpc) is 3.30. The van der Waals surface area contributed by atoms with Crippen LogP contribution in [0, 0.1) is 5.41 Å². The molecule has 2 rings (SSSR count). The number of alkyl halides is 6. The number of benzene rings is 1. The lowest BCUT2D eigenvalue weighted by Crippen LogP contribution is -2.53. The van der Waals surface area contributed by atoms with Crippen LogP contribution in [0.25, 0.3) is 0 Å². The van der Waals surface area contributed by atoms with Gasteiger partial charge in [0.15, 0.2) is 5.96 Å². The highest BCUT2D eigenvalue weighted by Crippen LogP contribution is 2.39. The number of amides is 2. The van der Waals surface area contributed by atoms with Crippen LogP contribution in [-0.2, 0) is 33.1 Å². The molecule has 0 bridgehead atoms. The summed E-state index contributed by atoms with van der Waals surface area (Å²) >= 11 is 0. The largest absolute Gasteiger partial charge is 0.486 e. The van der Waals surface area contributed by atoms with Crippen molar-refractivity contribution in [3.63, 3.8) is 0 Å². The minimum Gasteiger partial charge on any atom is -0.429 e. The van der Waals surface area contributed by atoms with Gasteiger partial charge in [-0.2, -0.15) is 26.3 Å². The Morgan fingerprint density at radius 3 is 2.11 bits per heavy atom. The summed E-state index contributed by atoms with van der Waals surface area (Å²) in [6, 6.07) is 1.01. The van der Waals surface area contributed by atoms with E-state index in [0.717, 1.165) is 0 Å². The molecular formula is C21H27BF6N5O4. The molecule has 1 radical (unpaired) electrons. The van der Waals surface area contributed by atoms with Crippen molar-refractivity contribution in [3.05, 3.63) is 34.9 Å². The number of carbonyl (C=O) groups is 2. The lowest BCUT2D eigenvalue weighted by molar-refractivity contribution is -0.145. The van der Waals surface area contributed by atoms with E-state index < -0.39 is 59.0 Å². The van der Waals surface area contributed by atoms with Crippen molar-refractivity contribution in [1.82, 2.24) is 10.6 Å². The van der Waals surface area contributed by atoms with E-state index in [0.29, 0.717) is 39.1 Å². The number of halogens is 6. The third-order valence-electron chi connectivity index (χ3n) is 5.86. The first-order chi connectivity index (χ1) is 17.2. The van der Waals surface area contributed by atoms with E-state index in [1.165, 1.54) is 0 Å². The van der Waals surface area contributed by atoms with Gasteiger partial charge in [-0.3, -0.25) is 14.6 Å². The molecule has 1 aliphatic rings. The van der Waals surface area contributed by atoms with Crippen LogP contribution in [0.4, 0.5) is 26.3 Å². The van der Waals surface area contributed by atoms with Crippen LogP contribution in [0.2, 0.25) is 0 Å². The van der Waals surface area contributed by atoms with Gasteiger partial charge in [0.1, 0.15) is 11.6 Å². The molecule has 205 valence electrons. The van der Waals surface area contributed by atoms with E-state index in [9.17, 15) is 35.9 Å². The number of nitrogens with zero attached hydrogens (tertiary/aromatic N) is 1. The maximum atomic E-state index is 13.1. The molecule has 2 amide bonds. The number of hydrogen-bond donors (Lipinski definition) is 5. The van der Waals surface area contributed by atoms with Crippen molar-refractivity contribution in [2.75, 3.05) is 6.54 Å². The molecule has 1 aliphatic carbocycles. The Labute approximate surface area is 209 Å². The molecule has 1 saturated carbocycles. The minimum atomic E-state index is -5.04. The normalized spacial score (nSPS) is 16.1. The highest BCUT2D eigenvalue weighted by Gasteiger charge is 2.48. The average molecular weight is 538 g/mol. The van der Waals surface area contributed by atoms with Gasteiger partial charge in [0, 0.05) is 13.1 Å². The van der Waals surface area contributed by atoms with Crippen LogP contribution in [0.15, 0.2) is 23.2 Å². The Hall–Kier alpha value is -3.01. The number of carbonyl (C=O) groups excluding carboxylic acids is 2. The maximum Gasteiger partial charge on any atom is 0.486 e. The zero-order valence-electron chi connectivity index (χ0n) is 19.6. The number of guanidine groups is 1. The molecule has 0 heterocycles. The van der Waals surface area contributed by atoms with Gasteiger partial charge < -0.3 is 31.8 Å². The Bertz CT molecular complexity index is 947. The summed E-state index contributed by atoms with van der Waals surface area (Å²) in [5.74, 6) is -1.74. The lowest BCUT2D eigenvalue weighted by atomic mass is 9.83. The second kappa shape index (κ2) is 12.5. The number of hydrogen-bond acceptors (Lipinski definition) is 5. The number of nitrogens with one attached hydrogen (secondary N) is 2. The van der Waals surface area contributed by atoms with Crippen LogP contribution in [0.1, 0.15) is 55.2 Å². The van der Waals surface area contributed by atoms with Gasteiger partial charge in [0.25, 0.3) is 0 Å². The monoisotopic (exact) mass is 538 g/mol. The maximum absolute atomic E-state index is 13.1. The van der Waals surface area contributed by atoms with Crippen LogP contribution < -0.4 is 22.1 Å². The van der Waals surface area contributed by atoms with Crippen molar-refractivity contribution >= 4 is 25.5 Å². The quantitative estimate of drug-likeness (QED) is 0.0553. The molecule has 0 aromatic heterocycles. The van der Waals surface area contributed by atoms with Crippen molar-refractivity contribution < 1.29 is 45.6 Å². The van der Waals surface area contributed by atoms with Crippen LogP contribution in [0.5, 0.6) is 0 Å². The zero-order chi connectivity index (χ0) is 27.9. The summed E-state index contributed by atoms with van der Waals surface area (Å²) in [7, 11) is 0.360. The zero-order valence-corrected chi connectivity index (χ0v) is 19.6. The third-order valence-corrected chi connectivity index (χ3v) is 5.86. The van der Waals surface area contributed by atoms with E-state index >= 15 is 0 Å². The van der Waals surface area contributed by atoms with Gasteiger partial charge in [-0.25, -0.2) is 0 Å². The van der Waals surface area contributed by atoms with Gasteiger partial charge in [-0.05, 0) is 49.4 Å². The topological polar surface area (TPSA) is 152 Å². The molecule has 37 heavy (non-hydrogen) atoms. The van der Waals surface area contributed by atoms with Crippen molar-refractivity contribution in [2.24, 2.45) is 21.9 Å². The van der Waals surface area contributed by atoms with E-state index in [4.69, 9.17) is 21.1 Å². The Morgan fingerprint density at radius 2 is 1.62 bits per heavy atom. The molecule has 7 N–H and O–H groups in total. The fraction of sp³-hybridized carbons (Fsp3) is 0.571. The molecule has 1 atom stereocenters. The molecule has 0 saturated heterocycles. The first kappa shape index (κ1) is 30.2. The predicted octanol–water partition coefficient (Wildman–Crippen LogP) is 1.94. The molecule has 1 fully saturated rings. The van der Waals surface area contributed by atoms with Gasteiger partial charge in [0.05, 0.1) is 11.1 Å². The Kier molecular flexibility index (Phi) is 10.2. The summed E-state index contributed by atoms with van der Waals surface area (Å²) in [6.45, 7) is -0.463. The highest BCUT2D eigenvalue weighted by molar-refractivity contribution is 6.16. The van der Waals surface area contributed by atoms with E-state index in [-0.39, 0.29) is 37.8 Å². The number of aliphatic imine (C=N–C) groups is 1. The van der Waals surface area contributed by atoms with Crippen molar-refractivity contribution in [1.29, 1.82) is 0 Å². The van der Waals surface area contributed by atoms with E-state index in [1.54, 1.807) is 0 Å². The molecule has 9 nitrogen and oxygen atoms in total. The highest BCUT2D eigenvalue weighted by atomic mass is 19.4. The molecule has 16 heteroatoms. The van der Waals surface area contributed by atoms with Gasteiger partial charge in [-0.1, -0.05) is 12.8 Å². The fourth-order valence-corrected chi connectivity index (χ4v) is 4.03. The minimum absolute atomic E-state index is 0.0112. The molecule has 1 aromatic carbocycles. The van der Waals surface area contributed by atoms with Gasteiger partial charge in [0.2, 0.25) is 11.8 Å². The second-order valence-corrected chi connectivity index (χ2v) is 8.54. The number of rotatable bonds is 11. The molecule has 0 aliphatic heterocycles. The first-order valence-corrected chi connectivity index (χ1v) is 11.2. The fourth-order valence-electron chi connectivity index (χ4n) is 4.03. The summed E-state index contributed by atoms with van der Waals surface area (Å²) in [5.41, 5.74) is 5.40. The standard InChI is InChI=1S/C21H27BF6N5O4/c23-20(24,25)13-8-12(9-14(10-13)21(26,27)28)11-32-16(34)19(5-1-2-6-19)17(35)33-15(37-22-36)4-3-7-31-18(29)30/h8-10,15,36H,1-7,11H2,(H,32,34)(H,33,35)(H4,29,30,31)/t15-/m1/s1. The second-order valence-electron chi connectivity index (χ2n) is 8.54. The third kappa shape index (κ3) is 8.52. The molecule has 0 spiro atoms. The molecule has 0 unspecified atom stereocenters. The van der Waals surface area contributed by atoms with Crippen molar-refractivity contribution in [2.45, 2.75) is 63.7 Å². The SMILES string of the molecule is NC(N)=NCCC[C@H](NC(=O)C1(C(=O)NCc2cc(C(F)(F)F)cc(C(F)(F)F)c2)CCCC1)O[B]O. The summed E-state index contributed by atoms with van der Waals surface area (Å²) < 4.78 is 83.7. The smallest absolute Gasteiger partial charge is 0.429 e. The Balaban J connectivity index is 2.17. The van der Waals surface area contributed by atoms with Crippen LogP contribution in [-0.4, -0.2) is 43.3 Å². The summed E-state index contributed by atoms with van der Waals surface area (Å²) in [5, 5.41) is 13.8. The summed E-state index contributed by atoms with van der Waals surface area (Å²) in [6.07, 6.45) is -9.44. The van der Waals surface area contributed by atoms with Gasteiger partial charge in [-0.15, -0.1) is 0 Å². The van der Waals surface area contributed by atoms with Crippen molar-refractivity contribution in [3.8, 4) is 0 Å². The van der Waals surface area contributed by atoms with Crippen LogP contribution >= 0.6 is 0 Å². The summed E-state index contributed by atoms with van der Waals surface area (Å²) in [4.78, 5) is 29.9. The first-order valence-electron chi connectivity index (χ1n) is 11.2. The molecule has 1 aromatic rings. The van der Waals surface area contributed by atoms with Gasteiger partial charge >= 0.3 is 20.0 Å². The molecular weight excluding hydrogens is 511 g/mol. The lowest BCUT2D eigenvalue weighted by Gasteiger charge is -2.29. The van der Waals surface area contributed by atoms with E-state index in [2.05, 4.69) is 15.6 Å². The number of nitrogens with two attached hydrogens (primary N) is 2. The van der Waals surface area contributed by atoms with E-state index in [1.807, 2.05) is 0 Å². The Morgan fingerprint density at radius 1 is 1.05 bits per heavy atom.